The third kappa shape index (κ3) is 2.89. The standard InChI is InChI=1S/C18H26N2/c1-13-11-12-14(2)18-17(13)19-16(20-18)10-6-9-15-7-4-3-5-8-15/h11-12,15H,3-10H2,1-2H3,(H,19,20). The monoisotopic (exact) mass is 270 g/mol. The van der Waals surface area contributed by atoms with Crippen molar-refractivity contribution in [3.63, 3.8) is 0 Å². The molecule has 2 nitrogen and oxygen atoms in total. The normalized spacial score (nSPS) is 16.9. The predicted octanol–water partition coefficient (Wildman–Crippen LogP) is 5.08. The largest absolute Gasteiger partial charge is 0.342 e. The van der Waals surface area contributed by atoms with E-state index >= 15 is 0 Å². The molecule has 108 valence electrons. The van der Waals surface area contributed by atoms with Crippen LogP contribution in [0.1, 0.15) is 61.9 Å². The molecule has 2 aromatic rings. The summed E-state index contributed by atoms with van der Waals surface area (Å²) in [6.45, 7) is 4.31. The maximum atomic E-state index is 4.80. The summed E-state index contributed by atoms with van der Waals surface area (Å²) in [7, 11) is 0. The highest BCUT2D eigenvalue weighted by Gasteiger charge is 2.13. The summed E-state index contributed by atoms with van der Waals surface area (Å²) in [6, 6.07) is 4.35. The quantitative estimate of drug-likeness (QED) is 0.824. The van der Waals surface area contributed by atoms with Crippen LogP contribution in [0.2, 0.25) is 0 Å². The first kappa shape index (κ1) is 13.7. The number of imidazole rings is 1. The number of nitrogens with one attached hydrogen (secondary N) is 1. The SMILES string of the molecule is Cc1ccc(C)c2[nH]c(CCCC3CCCCC3)nc12. The molecule has 1 fully saturated rings. The average molecular weight is 270 g/mol. The molecular formula is C18H26N2. The Morgan fingerprint density at radius 1 is 1.10 bits per heavy atom. The molecule has 3 rings (SSSR count). The van der Waals surface area contributed by atoms with E-state index in [1.165, 1.54) is 67.4 Å². The van der Waals surface area contributed by atoms with Crippen molar-refractivity contribution >= 4 is 11.0 Å². The molecule has 1 aromatic carbocycles. The Kier molecular flexibility index (Phi) is 4.09. The summed E-state index contributed by atoms with van der Waals surface area (Å²) >= 11 is 0. The molecule has 0 saturated heterocycles. The smallest absolute Gasteiger partial charge is 0.107 e. The van der Waals surface area contributed by atoms with Crippen LogP contribution in [-0.4, -0.2) is 9.97 Å². The molecule has 0 spiro atoms. The van der Waals surface area contributed by atoms with Crippen LogP contribution < -0.4 is 0 Å². The number of rotatable bonds is 4. The van der Waals surface area contributed by atoms with Gasteiger partial charge in [-0.3, -0.25) is 0 Å². The number of hydrogen-bond acceptors (Lipinski definition) is 1. The molecule has 20 heavy (non-hydrogen) atoms. The number of benzene rings is 1. The maximum Gasteiger partial charge on any atom is 0.107 e. The molecule has 1 saturated carbocycles. The van der Waals surface area contributed by atoms with Gasteiger partial charge in [-0.15, -0.1) is 0 Å². The summed E-state index contributed by atoms with van der Waals surface area (Å²) in [5.41, 5.74) is 4.98. The van der Waals surface area contributed by atoms with Crippen molar-refractivity contribution in [2.45, 2.75) is 65.2 Å². The van der Waals surface area contributed by atoms with Crippen molar-refractivity contribution in [1.29, 1.82) is 0 Å². The summed E-state index contributed by atoms with van der Waals surface area (Å²) < 4.78 is 0. The summed E-state index contributed by atoms with van der Waals surface area (Å²) in [4.78, 5) is 8.33. The first-order valence-electron chi connectivity index (χ1n) is 8.19. The molecule has 1 aliphatic rings. The Bertz CT molecular complexity index is 537. The van der Waals surface area contributed by atoms with E-state index in [-0.39, 0.29) is 0 Å². The van der Waals surface area contributed by atoms with Gasteiger partial charge in [0, 0.05) is 6.42 Å². The Morgan fingerprint density at radius 3 is 2.60 bits per heavy atom. The van der Waals surface area contributed by atoms with Gasteiger partial charge in [0.05, 0.1) is 11.0 Å². The van der Waals surface area contributed by atoms with E-state index in [1.54, 1.807) is 0 Å². The van der Waals surface area contributed by atoms with E-state index in [0.29, 0.717) is 0 Å². The van der Waals surface area contributed by atoms with E-state index in [9.17, 15) is 0 Å². The third-order valence-electron chi connectivity index (χ3n) is 4.85. The Morgan fingerprint density at radius 2 is 1.85 bits per heavy atom. The van der Waals surface area contributed by atoms with Crippen molar-refractivity contribution in [3.8, 4) is 0 Å². The van der Waals surface area contributed by atoms with Crippen molar-refractivity contribution in [3.05, 3.63) is 29.1 Å². The zero-order valence-electron chi connectivity index (χ0n) is 12.8. The lowest BCUT2D eigenvalue weighted by molar-refractivity contribution is 0.332. The van der Waals surface area contributed by atoms with Crippen LogP contribution in [0.15, 0.2) is 12.1 Å². The van der Waals surface area contributed by atoms with Gasteiger partial charge >= 0.3 is 0 Å². The molecule has 1 N–H and O–H groups in total. The zero-order chi connectivity index (χ0) is 13.9. The molecule has 0 aliphatic heterocycles. The first-order valence-corrected chi connectivity index (χ1v) is 8.19. The van der Waals surface area contributed by atoms with E-state index in [1.807, 2.05) is 0 Å². The second-order valence-corrected chi connectivity index (χ2v) is 6.50. The second-order valence-electron chi connectivity index (χ2n) is 6.50. The minimum Gasteiger partial charge on any atom is -0.342 e. The fourth-order valence-electron chi connectivity index (χ4n) is 3.56. The molecule has 0 amide bonds. The fourth-order valence-corrected chi connectivity index (χ4v) is 3.56. The zero-order valence-corrected chi connectivity index (χ0v) is 12.8. The van der Waals surface area contributed by atoms with Crippen molar-refractivity contribution in [2.75, 3.05) is 0 Å². The van der Waals surface area contributed by atoms with Crippen molar-refractivity contribution in [2.24, 2.45) is 5.92 Å². The Balaban J connectivity index is 1.63. The highest BCUT2D eigenvalue weighted by molar-refractivity contribution is 5.81. The lowest BCUT2D eigenvalue weighted by Gasteiger charge is -2.20. The molecule has 1 aliphatic carbocycles. The van der Waals surface area contributed by atoms with E-state index in [0.717, 1.165) is 17.9 Å². The maximum absolute atomic E-state index is 4.80. The van der Waals surface area contributed by atoms with Crippen LogP contribution in [0.5, 0.6) is 0 Å². The van der Waals surface area contributed by atoms with Gasteiger partial charge in [0.25, 0.3) is 0 Å². The van der Waals surface area contributed by atoms with Gasteiger partial charge in [-0.05, 0) is 37.3 Å². The number of aryl methyl sites for hydroxylation is 3. The van der Waals surface area contributed by atoms with E-state index < -0.39 is 0 Å². The molecule has 0 bridgehead atoms. The van der Waals surface area contributed by atoms with Crippen LogP contribution in [-0.2, 0) is 6.42 Å². The molecule has 0 unspecified atom stereocenters. The molecule has 0 atom stereocenters. The van der Waals surface area contributed by atoms with Crippen LogP contribution >= 0.6 is 0 Å². The lowest BCUT2D eigenvalue weighted by Crippen LogP contribution is -2.06. The number of hydrogen-bond donors (Lipinski definition) is 1. The molecule has 2 heteroatoms. The Hall–Kier alpha value is -1.31. The number of aromatic nitrogens is 2. The van der Waals surface area contributed by atoms with Crippen molar-refractivity contribution < 1.29 is 0 Å². The predicted molar refractivity (Wildman–Crippen MR) is 85.1 cm³/mol. The van der Waals surface area contributed by atoms with Gasteiger partial charge < -0.3 is 4.98 Å². The van der Waals surface area contributed by atoms with Crippen LogP contribution in [0, 0.1) is 19.8 Å². The molecule has 0 radical (unpaired) electrons. The summed E-state index contributed by atoms with van der Waals surface area (Å²) in [6.07, 6.45) is 11.0. The number of nitrogens with zero attached hydrogens (tertiary/aromatic N) is 1. The van der Waals surface area contributed by atoms with Crippen LogP contribution in [0.4, 0.5) is 0 Å². The van der Waals surface area contributed by atoms with Gasteiger partial charge in [0.15, 0.2) is 0 Å². The van der Waals surface area contributed by atoms with Gasteiger partial charge in [0.1, 0.15) is 5.82 Å². The summed E-state index contributed by atoms with van der Waals surface area (Å²) in [5, 5.41) is 0. The average Bonchev–Trinajstić information content (AvgIpc) is 2.90. The van der Waals surface area contributed by atoms with E-state index in [2.05, 4.69) is 31.0 Å². The van der Waals surface area contributed by atoms with Gasteiger partial charge in [-0.2, -0.15) is 0 Å². The highest BCUT2D eigenvalue weighted by Crippen LogP contribution is 2.28. The first-order chi connectivity index (χ1) is 9.74. The third-order valence-corrected chi connectivity index (χ3v) is 4.85. The minimum atomic E-state index is 0.983. The second kappa shape index (κ2) is 5.99. The number of H-pyrrole nitrogens is 1. The van der Waals surface area contributed by atoms with Gasteiger partial charge in [-0.1, -0.05) is 50.7 Å². The number of aromatic amines is 1. The van der Waals surface area contributed by atoms with Gasteiger partial charge in [-0.25, -0.2) is 4.98 Å². The van der Waals surface area contributed by atoms with Crippen LogP contribution in [0.25, 0.3) is 11.0 Å². The van der Waals surface area contributed by atoms with Crippen molar-refractivity contribution in [1.82, 2.24) is 9.97 Å². The topological polar surface area (TPSA) is 28.7 Å². The molecule has 1 heterocycles. The molecular weight excluding hydrogens is 244 g/mol. The lowest BCUT2D eigenvalue weighted by atomic mass is 9.86. The van der Waals surface area contributed by atoms with Gasteiger partial charge in [0.2, 0.25) is 0 Å². The van der Waals surface area contributed by atoms with E-state index in [4.69, 9.17) is 4.98 Å². The Labute approximate surface area is 122 Å². The molecule has 1 aromatic heterocycles. The minimum absolute atomic E-state index is 0.983. The fraction of sp³-hybridized carbons (Fsp3) is 0.611. The van der Waals surface area contributed by atoms with Crippen LogP contribution in [0.3, 0.4) is 0 Å². The highest BCUT2D eigenvalue weighted by atomic mass is 14.9. The summed E-state index contributed by atoms with van der Waals surface area (Å²) in [5.74, 6) is 2.16. The number of fused-ring (bicyclic) bond motifs is 1.